The molecule has 1 heterocycles. The van der Waals surface area contributed by atoms with Crippen LogP contribution in [0.3, 0.4) is 0 Å². The van der Waals surface area contributed by atoms with Gasteiger partial charge >= 0.3 is 5.97 Å². The Bertz CT molecular complexity index is 787. The quantitative estimate of drug-likeness (QED) is 0.534. The molecular formula is C17H13NO4. The Labute approximate surface area is 126 Å². The first-order valence-corrected chi connectivity index (χ1v) is 6.94. The van der Waals surface area contributed by atoms with E-state index in [9.17, 15) is 9.59 Å². The molecule has 2 atom stereocenters. The van der Waals surface area contributed by atoms with E-state index < -0.39 is 11.5 Å². The van der Waals surface area contributed by atoms with Crippen molar-refractivity contribution in [1.29, 1.82) is 0 Å². The van der Waals surface area contributed by atoms with Gasteiger partial charge in [0.2, 0.25) is 5.54 Å². The molecule has 0 spiro atoms. The van der Waals surface area contributed by atoms with Crippen LogP contribution >= 0.6 is 0 Å². The first-order chi connectivity index (χ1) is 10.7. The van der Waals surface area contributed by atoms with Gasteiger partial charge in [-0.15, -0.1) is 0 Å². The summed E-state index contributed by atoms with van der Waals surface area (Å²) in [5, 5.41) is 2.95. The third-order valence-electron chi connectivity index (χ3n) is 4.14. The van der Waals surface area contributed by atoms with Crippen molar-refractivity contribution >= 4 is 11.8 Å². The summed E-state index contributed by atoms with van der Waals surface area (Å²) >= 11 is 0. The van der Waals surface area contributed by atoms with Crippen LogP contribution in [0.5, 0.6) is 11.5 Å². The van der Waals surface area contributed by atoms with Crippen molar-refractivity contribution in [2.45, 2.75) is 11.6 Å². The van der Waals surface area contributed by atoms with Gasteiger partial charge in [0.1, 0.15) is 11.5 Å². The van der Waals surface area contributed by atoms with Crippen molar-refractivity contribution in [3.63, 3.8) is 0 Å². The van der Waals surface area contributed by atoms with Crippen LogP contribution in [0, 0.1) is 0 Å². The van der Waals surface area contributed by atoms with Crippen LogP contribution in [0.15, 0.2) is 48.5 Å². The van der Waals surface area contributed by atoms with E-state index in [1.165, 1.54) is 7.11 Å². The van der Waals surface area contributed by atoms with E-state index in [4.69, 9.17) is 9.47 Å². The zero-order chi connectivity index (χ0) is 15.3. The van der Waals surface area contributed by atoms with Crippen molar-refractivity contribution in [3.8, 4) is 11.5 Å². The third kappa shape index (κ3) is 1.63. The maximum absolute atomic E-state index is 12.4. The fourth-order valence-electron chi connectivity index (χ4n) is 3.01. The fraction of sp³-hybridized carbons (Fsp3) is 0.176. The largest absolute Gasteiger partial charge is 0.467 e. The lowest BCUT2D eigenvalue weighted by molar-refractivity contribution is -0.142. The molecule has 0 saturated carbocycles. The van der Waals surface area contributed by atoms with Gasteiger partial charge in [-0.2, -0.15) is 0 Å². The number of hydrogen-bond acceptors (Lipinski definition) is 5. The van der Waals surface area contributed by atoms with Gasteiger partial charge in [-0.05, 0) is 35.9 Å². The summed E-state index contributed by atoms with van der Waals surface area (Å²) in [6.45, 7) is 0. The Morgan fingerprint density at radius 2 is 1.91 bits per heavy atom. The molecule has 1 aliphatic carbocycles. The number of esters is 1. The number of methoxy groups -OCH3 is 1. The Hall–Kier alpha value is -2.66. The highest BCUT2D eigenvalue weighted by Gasteiger charge is 2.72. The van der Waals surface area contributed by atoms with Crippen LogP contribution in [0.2, 0.25) is 0 Å². The van der Waals surface area contributed by atoms with Gasteiger partial charge in [0, 0.05) is 5.56 Å². The molecule has 1 aliphatic heterocycles. The predicted octanol–water partition coefficient (Wildman–Crippen LogP) is 2.23. The Morgan fingerprint density at radius 1 is 1.14 bits per heavy atom. The molecule has 1 saturated heterocycles. The minimum Gasteiger partial charge on any atom is -0.467 e. The normalized spacial score (nSPS) is 24.4. The molecule has 5 heteroatoms. The van der Waals surface area contributed by atoms with Gasteiger partial charge in [-0.1, -0.05) is 18.2 Å². The number of para-hydroxylation sites is 1. The van der Waals surface area contributed by atoms with Gasteiger partial charge in [-0.3, -0.25) is 10.1 Å². The first-order valence-electron chi connectivity index (χ1n) is 6.94. The average Bonchev–Trinajstić information content (AvgIpc) is 3.26. The van der Waals surface area contributed by atoms with E-state index in [0.717, 1.165) is 11.3 Å². The summed E-state index contributed by atoms with van der Waals surface area (Å²) in [7, 11) is 1.29. The number of ether oxygens (including phenoxy) is 2. The predicted molar refractivity (Wildman–Crippen MR) is 77.9 cm³/mol. The number of carbonyl (C=O) groups is 2. The first kappa shape index (κ1) is 13.0. The summed E-state index contributed by atoms with van der Waals surface area (Å²) in [6.07, 6.45) is 0. The summed E-state index contributed by atoms with van der Waals surface area (Å²) in [5.41, 5.74) is 0.112. The van der Waals surface area contributed by atoms with Gasteiger partial charge in [0.15, 0.2) is 5.78 Å². The Kier molecular flexibility index (Phi) is 2.62. The molecule has 2 unspecified atom stereocenters. The number of carbonyl (C=O) groups excluding carboxylic acids is 2. The average molecular weight is 295 g/mol. The van der Waals surface area contributed by atoms with Crippen LogP contribution in [-0.4, -0.2) is 24.4 Å². The fourth-order valence-corrected chi connectivity index (χ4v) is 3.01. The van der Waals surface area contributed by atoms with E-state index in [1.807, 2.05) is 30.3 Å². The van der Waals surface area contributed by atoms with Gasteiger partial charge in [0.05, 0.1) is 13.2 Å². The molecule has 2 aromatic carbocycles. The monoisotopic (exact) mass is 295 g/mol. The van der Waals surface area contributed by atoms with Crippen molar-refractivity contribution in [1.82, 2.24) is 5.32 Å². The second kappa shape index (κ2) is 4.42. The maximum atomic E-state index is 12.4. The van der Waals surface area contributed by atoms with Crippen molar-refractivity contribution in [2.24, 2.45) is 0 Å². The van der Waals surface area contributed by atoms with Crippen LogP contribution in [-0.2, 0) is 9.53 Å². The van der Waals surface area contributed by atoms with E-state index in [0.29, 0.717) is 11.3 Å². The molecule has 5 nitrogen and oxygen atoms in total. The molecular weight excluding hydrogens is 282 g/mol. The second-order valence-electron chi connectivity index (χ2n) is 5.37. The smallest absolute Gasteiger partial charge is 0.336 e. The van der Waals surface area contributed by atoms with Gasteiger partial charge in [-0.25, -0.2) is 4.79 Å². The molecule has 1 fully saturated rings. The molecule has 4 rings (SSSR count). The van der Waals surface area contributed by atoms with Crippen LogP contribution in [0.1, 0.15) is 22.0 Å². The van der Waals surface area contributed by atoms with Crippen molar-refractivity contribution in [3.05, 3.63) is 59.7 Å². The number of fused-ring (bicyclic) bond motifs is 3. The molecule has 2 aliphatic rings. The molecule has 0 amide bonds. The molecule has 0 bridgehead atoms. The summed E-state index contributed by atoms with van der Waals surface area (Å²) in [5.74, 6) is 0.580. The van der Waals surface area contributed by atoms with Gasteiger partial charge < -0.3 is 9.47 Å². The third-order valence-corrected chi connectivity index (χ3v) is 4.14. The number of benzene rings is 2. The maximum Gasteiger partial charge on any atom is 0.336 e. The highest BCUT2D eigenvalue weighted by molar-refractivity contribution is 6.24. The van der Waals surface area contributed by atoms with Crippen molar-refractivity contribution in [2.75, 3.05) is 7.11 Å². The number of ketones is 1. The molecule has 110 valence electrons. The lowest BCUT2D eigenvalue weighted by Crippen LogP contribution is -2.36. The van der Waals surface area contributed by atoms with Crippen LogP contribution in [0.25, 0.3) is 0 Å². The minimum absolute atomic E-state index is 0.231. The van der Waals surface area contributed by atoms with E-state index in [-0.39, 0.29) is 11.8 Å². The topological polar surface area (TPSA) is 74.5 Å². The Morgan fingerprint density at radius 3 is 2.64 bits per heavy atom. The number of nitrogens with one attached hydrogen (secondary N) is 1. The molecule has 2 aromatic rings. The Balaban J connectivity index is 1.67. The minimum atomic E-state index is -1.22. The van der Waals surface area contributed by atoms with Crippen molar-refractivity contribution < 1.29 is 19.1 Å². The molecule has 0 radical (unpaired) electrons. The highest BCUT2D eigenvalue weighted by atomic mass is 16.5. The zero-order valence-corrected chi connectivity index (χ0v) is 11.8. The molecule has 1 N–H and O–H groups in total. The second-order valence-corrected chi connectivity index (χ2v) is 5.37. The molecule has 0 aromatic heterocycles. The van der Waals surface area contributed by atoms with E-state index in [2.05, 4.69) is 5.32 Å². The summed E-state index contributed by atoms with van der Waals surface area (Å²) < 4.78 is 10.5. The number of hydrogen-bond donors (Lipinski definition) is 1. The zero-order valence-electron chi connectivity index (χ0n) is 11.8. The lowest BCUT2D eigenvalue weighted by Gasteiger charge is -2.09. The lowest BCUT2D eigenvalue weighted by atomic mass is 10.0. The van der Waals surface area contributed by atoms with E-state index >= 15 is 0 Å². The summed E-state index contributed by atoms with van der Waals surface area (Å²) in [6, 6.07) is 14.3. The van der Waals surface area contributed by atoms with Gasteiger partial charge in [0.25, 0.3) is 0 Å². The number of Topliss-reactive ketones (excluding diaryl/α,β-unsaturated/α-hetero) is 1. The molecule has 22 heavy (non-hydrogen) atoms. The van der Waals surface area contributed by atoms with Crippen LogP contribution in [0.4, 0.5) is 0 Å². The highest BCUT2D eigenvalue weighted by Crippen LogP contribution is 2.52. The standard InChI is InChI=1S/C17H13NO4/c1-21-16(20)17-14(18-17)13-9-11(7-8-12(13)15(17)19)22-10-5-3-2-4-6-10/h2-9,14,18H,1H3. The SMILES string of the molecule is COC(=O)C12NC1c1cc(Oc3ccccc3)ccc1C2=O. The van der Waals surface area contributed by atoms with Crippen LogP contribution < -0.4 is 10.1 Å². The van der Waals surface area contributed by atoms with E-state index in [1.54, 1.807) is 18.2 Å². The summed E-state index contributed by atoms with van der Waals surface area (Å²) in [4.78, 5) is 24.3. The number of rotatable bonds is 3.